The number of nitrogens with one attached hydrogen (secondary N) is 2. The minimum absolute atomic E-state index is 0.0726. The van der Waals surface area contributed by atoms with E-state index in [0.717, 1.165) is 17.9 Å². The second kappa shape index (κ2) is 12.9. The molecule has 0 unspecified atom stereocenters. The molecule has 188 valence electrons. The van der Waals surface area contributed by atoms with E-state index in [-0.39, 0.29) is 18.4 Å². The molecule has 4 aromatic rings. The van der Waals surface area contributed by atoms with Gasteiger partial charge >= 0.3 is 0 Å². The van der Waals surface area contributed by atoms with Crippen LogP contribution in [0.1, 0.15) is 22.8 Å². The Labute approximate surface area is 217 Å². The molecule has 6 nitrogen and oxygen atoms in total. The fraction of sp³-hybridized carbons (Fsp3) is 0.161. The summed E-state index contributed by atoms with van der Waals surface area (Å²) in [5, 5.41) is 5.98. The van der Waals surface area contributed by atoms with Crippen LogP contribution >= 0.6 is 0 Å². The predicted octanol–water partition coefficient (Wildman–Crippen LogP) is 6.03. The van der Waals surface area contributed by atoms with Crippen LogP contribution in [0, 0.1) is 0 Å². The summed E-state index contributed by atoms with van der Waals surface area (Å²) in [5.41, 5.74) is 4.02. The Balaban J connectivity index is 1.26. The lowest BCUT2D eigenvalue weighted by Gasteiger charge is -2.21. The van der Waals surface area contributed by atoms with Crippen molar-refractivity contribution in [2.75, 3.05) is 35.2 Å². The van der Waals surface area contributed by atoms with Crippen LogP contribution in [0.3, 0.4) is 0 Å². The lowest BCUT2D eigenvalue weighted by atomic mass is 10.1. The van der Waals surface area contributed by atoms with Gasteiger partial charge in [-0.05, 0) is 67.1 Å². The molecular formula is C31H31N3O3. The molecule has 0 heterocycles. The van der Waals surface area contributed by atoms with Gasteiger partial charge in [0.2, 0.25) is 5.91 Å². The Morgan fingerprint density at radius 3 is 2.19 bits per heavy atom. The third-order valence-electron chi connectivity index (χ3n) is 5.83. The molecule has 2 N–H and O–H groups in total. The first-order chi connectivity index (χ1) is 18.1. The lowest BCUT2D eigenvalue weighted by molar-refractivity contribution is -0.114. The van der Waals surface area contributed by atoms with Gasteiger partial charge in [-0.1, -0.05) is 54.6 Å². The summed E-state index contributed by atoms with van der Waals surface area (Å²) in [5.74, 6) is 0.479. The van der Waals surface area contributed by atoms with Gasteiger partial charge in [-0.3, -0.25) is 9.59 Å². The van der Waals surface area contributed by atoms with Crippen molar-refractivity contribution >= 4 is 28.9 Å². The molecule has 0 radical (unpaired) electrons. The maximum absolute atomic E-state index is 13.1. The van der Waals surface area contributed by atoms with Crippen molar-refractivity contribution in [2.24, 2.45) is 0 Å². The Hall–Kier alpha value is -4.58. The molecule has 0 spiro atoms. The quantitative estimate of drug-likeness (QED) is 0.268. The number of ether oxygens (including phenoxy) is 1. The molecule has 0 aliphatic heterocycles. The number of nitrogens with zero attached hydrogens (tertiary/aromatic N) is 1. The second-order valence-electron chi connectivity index (χ2n) is 8.48. The van der Waals surface area contributed by atoms with E-state index in [2.05, 4.69) is 22.8 Å². The average Bonchev–Trinajstić information content (AvgIpc) is 2.94. The molecule has 4 rings (SSSR count). The summed E-state index contributed by atoms with van der Waals surface area (Å²) in [6.45, 7) is 3.16. The maximum atomic E-state index is 13.1. The van der Waals surface area contributed by atoms with Crippen LogP contribution in [0.2, 0.25) is 0 Å². The van der Waals surface area contributed by atoms with E-state index in [1.165, 1.54) is 5.56 Å². The number of hydrogen-bond acceptors (Lipinski definition) is 4. The first kappa shape index (κ1) is 25.5. The number of anilines is 3. The van der Waals surface area contributed by atoms with E-state index >= 15 is 0 Å². The summed E-state index contributed by atoms with van der Waals surface area (Å²) < 4.78 is 5.80. The number of carbonyl (C=O) groups is 2. The number of para-hydroxylation sites is 1. The summed E-state index contributed by atoms with van der Waals surface area (Å²) in [6.07, 6.45) is 0.834. The second-order valence-corrected chi connectivity index (χ2v) is 8.48. The van der Waals surface area contributed by atoms with Gasteiger partial charge in [-0.15, -0.1) is 0 Å². The van der Waals surface area contributed by atoms with Crippen LogP contribution in [0.25, 0.3) is 0 Å². The van der Waals surface area contributed by atoms with Crippen LogP contribution < -0.4 is 20.3 Å². The van der Waals surface area contributed by atoms with Gasteiger partial charge < -0.3 is 20.3 Å². The predicted molar refractivity (Wildman–Crippen MR) is 149 cm³/mol. The number of amides is 2. The molecule has 0 aliphatic carbocycles. The summed E-state index contributed by atoms with van der Waals surface area (Å²) in [7, 11) is 0. The highest BCUT2D eigenvalue weighted by molar-refractivity contribution is 6.06. The Bertz CT molecular complexity index is 1290. The molecule has 0 fully saturated rings. The maximum Gasteiger partial charge on any atom is 0.258 e. The summed E-state index contributed by atoms with van der Waals surface area (Å²) >= 11 is 0. The third-order valence-corrected chi connectivity index (χ3v) is 5.83. The van der Waals surface area contributed by atoms with Crippen molar-refractivity contribution in [1.82, 2.24) is 0 Å². The van der Waals surface area contributed by atoms with Crippen molar-refractivity contribution in [2.45, 2.75) is 13.3 Å². The molecule has 0 aliphatic rings. The molecule has 37 heavy (non-hydrogen) atoms. The Morgan fingerprint density at radius 2 is 1.49 bits per heavy atom. The fourth-order valence-electron chi connectivity index (χ4n) is 3.92. The van der Waals surface area contributed by atoms with Gasteiger partial charge in [0.05, 0.1) is 13.2 Å². The normalized spacial score (nSPS) is 10.4. The highest BCUT2D eigenvalue weighted by atomic mass is 16.5. The Kier molecular flexibility index (Phi) is 8.92. The third kappa shape index (κ3) is 7.45. The van der Waals surface area contributed by atoms with E-state index in [1.807, 2.05) is 91.9 Å². The number of carbonyl (C=O) groups excluding carboxylic acids is 2. The highest BCUT2D eigenvalue weighted by Crippen LogP contribution is 2.19. The molecule has 0 saturated carbocycles. The van der Waals surface area contributed by atoms with Crippen molar-refractivity contribution in [3.8, 4) is 5.75 Å². The molecule has 0 bridgehead atoms. The minimum Gasteiger partial charge on any atom is -0.493 e. The molecule has 6 heteroatoms. The van der Waals surface area contributed by atoms with Crippen LogP contribution in [0.15, 0.2) is 109 Å². The van der Waals surface area contributed by atoms with Gasteiger partial charge in [0.1, 0.15) is 5.75 Å². The van der Waals surface area contributed by atoms with Crippen LogP contribution in [-0.2, 0) is 11.2 Å². The van der Waals surface area contributed by atoms with Crippen LogP contribution in [0.5, 0.6) is 5.75 Å². The monoisotopic (exact) mass is 493 g/mol. The largest absolute Gasteiger partial charge is 0.493 e. The fourth-order valence-corrected chi connectivity index (χ4v) is 3.92. The van der Waals surface area contributed by atoms with Crippen molar-refractivity contribution in [3.05, 3.63) is 120 Å². The van der Waals surface area contributed by atoms with Crippen molar-refractivity contribution < 1.29 is 14.3 Å². The smallest absolute Gasteiger partial charge is 0.258 e. The molecule has 0 atom stereocenters. The van der Waals surface area contributed by atoms with E-state index in [4.69, 9.17) is 4.74 Å². The molecule has 2 amide bonds. The number of benzene rings is 4. The summed E-state index contributed by atoms with van der Waals surface area (Å²) in [6, 6.07) is 34.3. The standard InChI is InChI=1S/C31H31N3O3/c1-2-34(28-14-7-4-8-15-28)31(36)25-12-9-13-27(22-25)32-23-30(35)33-26-16-18-29(19-17-26)37-21-20-24-10-5-3-6-11-24/h3-19,22,32H,2,20-21,23H2,1H3,(H,33,35). The highest BCUT2D eigenvalue weighted by Gasteiger charge is 2.16. The molecular weight excluding hydrogens is 462 g/mol. The van der Waals surface area contributed by atoms with Crippen molar-refractivity contribution in [1.29, 1.82) is 0 Å². The number of hydrogen-bond donors (Lipinski definition) is 2. The SMILES string of the molecule is CCN(C(=O)c1cccc(NCC(=O)Nc2ccc(OCCc3ccccc3)cc2)c1)c1ccccc1. The molecule has 0 aromatic heterocycles. The topological polar surface area (TPSA) is 70.7 Å². The average molecular weight is 494 g/mol. The zero-order valence-electron chi connectivity index (χ0n) is 20.9. The number of rotatable bonds is 11. The van der Waals surface area contributed by atoms with E-state index in [0.29, 0.717) is 30.1 Å². The minimum atomic E-state index is -0.186. The first-order valence-corrected chi connectivity index (χ1v) is 12.4. The first-order valence-electron chi connectivity index (χ1n) is 12.4. The summed E-state index contributed by atoms with van der Waals surface area (Å²) in [4.78, 5) is 27.3. The van der Waals surface area contributed by atoms with E-state index in [1.54, 1.807) is 17.0 Å². The Morgan fingerprint density at radius 1 is 0.784 bits per heavy atom. The van der Waals surface area contributed by atoms with Gasteiger partial charge in [-0.25, -0.2) is 0 Å². The van der Waals surface area contributed by atoms with Gasteiger partial charge in [0.15, 0.2) is 0 Å². The van der Waals surface area contributed by atoms with Crippen LogP contribution in [-0.4, -0.2) is 31.5 Å². The zero-order valence-corrected chi connectivity index (χ0v) is 20.9. The molecule has 0 saturated heterocycles. The van der Waals surface area contributed by atoms with E-state index < -0.39 is 0 Å². The molecule has 4 aromatic carbocycles. The van der Waals surface area contributed by atoms with Gasteiger partial charge in [0, 0.05) is 35.6 Å². The van der Waals surface area contributed by atoms with Gasteiger partial charge in [-0.2, -0.15) is 0 Å². The van der Waals surface area contributed by atoms with Crippen LogP contribution in [0.4, 0.5) is 17.1 Å². The zero-order chi connectivity index (χ0) is 25.9. The van der Waals surface area contributed by atoms with E-state index in [9.17, 15) is 9.59 Å². The lowest BCUT2D eigenvalue weighted by Crippen LogP contribution is -2.30. The van der Waals surface area contributed by atoms with Gasteiger partial charge in [0.25, 0.3) is 5.91 Å². The van der Waals surface area contributed by atoms with Crippen molar-refractivity contribution in [3.63, 3.8) is 0 Å².